The number of carbonyl (C=O) groups is 2. The Hall–Kier alpha value is -2.35. The second-order valence-corrected chi connectivity index (χ2v) is 10.3. The van der Waals surface area contributed by atoms with E-state index in [9.17, 15) is 9.59 Å². The highest BCUT2D eigenvalue weighted by atomic mass is 32.2. The van der Waals surface area contributed by atoms with E-state index in [-0.39, 0.29) is 23.1 Å². The van der Waals surface area contributed by atoms with Crippen molar-refractivity contribution in [3.05, 3.63) is 29.8 Å². The Morgan fingerprint density at radius 1 is 1.13 bits per heavy atom. The van der Waals surface area contributed by atoms with Gasteiger partial charge in [0, 0.05) is 24.7 Å². The van der Waals surface area contributed by atoms with E-state index in [1.165, 1.54) is 41.5 Å². The predicted molar refractivity (Wildman–Crippen MR) is 122 cm³/mol. The molecule has 1 saturated carbocycles. The molecule has 8 heteroatoms. The van der Waals surface area contributed by atoms with E-state index in [4.69, 9.17) is 0 Å². The van der Waals surface area contributed by atoms with Gasteiger partial charge in [0.25, 0.3) is 0 Å². The Morgan fingerprint density at radius 2 is 1.84 bits per heavy atom. The Labute approximate surface area is 188 Å². The summed E-state index contributed by atoms with van der Waals surface area (Å²) in [6, 6.07) is 8.61. The number of aromatic nitrogens is 3. The Morgan fingerprint density at radius 3 is 2.45 bits per heavy atom. The first kappa shape index (κ1) is 21.9. The molecule has 1 saturated heterocycles. The van der Waals surface area contributed by atoms with Crippen LogP contribution >= 0.6 is 11.8 Å². The van der Waals surface area contributed by atoms with Gasteiger partial charge >= 0.3 is 6.03 Å². The zero-order valence-corrected chi connectivity index (χ0v) is 19.4. The van der Waals surface area contributed by atoms with Gasteiger partial charge in [-0.1, -0.05) is 76.1 Å². The first-order valence-corrected chi connectivity index (χ1v) is 12.1. The smallest absolute Gasteiger partial charge is 0.324 e. The fourth-order valence-corrected chi connectivity index (χ4v) is 5.16. The summed E-state index contributed by atoms with van der Waals surface area (Å²) in [6.45, 7) is 7.57. The average molecular weight is 442 g/mol. The second-order valence-electron chi connectivity index (χ2n) is 9.36. The Kier molecular flexibility index (Phi) is 6.36. The van der Waals surface area contributed by atoms with E-state index >= 15 is 0 Å². The Bertz CT molecular complexity index is 942. The third-order valence-electron chi connectivity index (χ3n) is 6.10. The number of urea groups is 1. The van der Waals surface area contributed by atoms with Crippen LogP contribution in [-0.2, 0) is 10.2 Å². The molecule has 0 atom stereocenters. The Balaban J connectivity index is 1.59. The second kappa shape index (κ2) is 9.02. The maximum Gasteiger partial charge on any atom is 0.324 e. The number of rotatable bonds is 5. The van der Waals surface area contributed by atoms with Crippen molar-refractivity contribution >= 4 is 23.7 Å². The van der Waals surface area contributed by atoms with Gasteiger partial charge in [-0.05, 0) is 23.8 Å². The number of nitrogens with one attached hydrogen (secondary N) is 1. The normalized spacial score (nSPS) is 17.8. The number of hydrogen-bond acceptors (Lipinski definition) is 5. The van der Waals surface area contributed by atoms with Gasteiger partial charge in [0.2, 0.25) is 5.91 Å². The summed E-state index contributed by atoms with van der Waals surface area (Å²) in [5.41, 5.74) is 2.42. The van der Waals surface area contributed by atoms with Gasteiger partial charge in [0.15, 0.2) is 11.0 Å². The largest absolute Gasteiger partial charge is 0.336 e. The summed E-state index contributed by atoms with van der Waals surface area (Å²) in [5.74, 6) is 0.858. The van der Waals surface area contributed by atoms with Crippen molar-refractivity contribution < 1.29 is 9.59 Å². The van der Waals surface area contributed by atoms with Crippen molar-refractivity contribution in [3.8, 4) is 11.4 Å². The van der Waals surface area contributed by atoms with E-state index < -0.39 is 0 Å². The average Bonchev–Trinajstić information content (AvgIpc) is 3.38. The molecule has 2 fully saturated rings. The summed E-state index contributed by atoms with van der Waals surface area (Å²) >= 11 is 1.38. The van der Waals surface area contributed by atoms with E-state index in [2.05, 4.69) is 65.1 Å². The summed E-state index contributed by atoms with van der Waals surface area (Å²) in [7, 11) is 0. The van der Waals surface area contributed by atoms with Crippen LogP contribution < -0.4 is 5.32 Å². The molecule has 2 heterocycles. The van der Waals surface area contributed by atoms with Crippen molar-refractivity contribution in [2.75, 3.05) is 18.8 Å². The number of thioether (sulfide) groups is 1. The van der Waals surface area contributed by atoms with Crippen LogP contribution in [0.4, 0.5) is 4.79 Å². The van der Waals surface area contributed by atoms with Gasteiger partial charge in [0.1, 0.15) is 0 Å². The quantitative estimate of drug-likeness (QED) is 0.696. The van der Waals surface area contributed by atoms with Crippen LogP contribution in [0.25, 0.3) is 11.4 Å². The van der Waals surface area contributed by atoms with Gasteiger partial charge in [0.05, 0.1) is 5.75 Å². The van der Waals surface area contributed by atoms with Crippen molar-refractivity contribution in [1.82, 2.24) is 25.0 Å². The standard InChI is InChI=1S/C23H31N5O2S/c1-23(2,3)17-11-9-16(10-12-17)20-25-26-22(28(20)18-7-5-4-6-8-18)31-15-19(29)27-14-13-24-21(27)30/h9-12,18H,4-8,13-15H2,1-3H3,(H,24,30). The van der Waals surface area contributed by atoms with Crippen LogP contribution in [0.1, 0.15) is 64.5 Å². The van der Waals surface area contributed by atoms with Crippen LogP contribution in [0.15, 0.2) is 29.4 Å². The maximum atomic E-state index is 12.5. The van der Waals surface area contributed by atoms with Crippen LogP contribution in [0.3, 0.4) is 0 Å². The number of benzene rings is 1. The highest BCUT2D eigenvalue weighted by Crippen LogP contribution is 2.36. The highest BCUT2D eigenvalue weighted by molar-refractivity contribution is 7.99. The molecule has 1 aliphatic carbocycles. The van der Waals surface area contributed by atoms with Crippen molar-refractivity contribution in [3.63, 3.8) is 0 Å². The lowest BCUT2D eigenvalue weighted by atomic mass is 9.86. The molecule has 0 spiro atoms. The molecule has 1 aliphatic heterocycles. The number of carbonyl (C=O) groups excluding carboxylic acids is 2. The molecule has 31 heavy (non-hydrogen) atoms. The van der Waals surface area contributed by atoms with Crippen molar-refractivity contribution in [2.24, 2.45) is 0 Å². The maximum absolute atomic E-state index is 12.5. The molecular formula is C23H31N5O2S. The molecule has 1 aromatic carbocycles. The molecule has 0 radical (unpaired) electrons. The predicted octanol–water partition coefficient (Wildman–Crippen LogP) is 4.39. The minimum atomic E-state index is -0.307. The molecule has 2 aliphatic rings. The van der Waals surface area contributed by atoms with Crippen LogP contribution in [-0.4, -0.2) is 50.4 Å². The topological polar surface area (TPSA) is 80.1 Å². The first-order valence-electron chi connectivity index (χ1n) is 11.1. The molecular weight excluding hydrogens is 410 g/mol. The van der Waals surface area contributed by atoms with Gasteiger partial charge in [-0.15, -0.1) is 10.2 Å². The van der Waals surface area contributed by atoms with Gasteiger partial charge < -0.3 is 5.32 Å². The molecule has 166 valence electrons. The lowest BCUT2D eigenvalue weighted by Gasteiger charge is -2.26. The molecule has 7 nitrogen and oxygen atoms in total. The van der Waals surface area contributed by atoms with Crippen LogP contribution in [0, 0.1) is 0 Å². The van der Waals surface area contributed by atoms with Gasteiger partial charge in [-0.25, -0.2) is 4.79 Å². The number of imide groups is 1. The number of amides is 3. The number of hydrogen-bond donors (Lipinski definition) is 1. The lowest BCUT2D eigenvalue weighted by molar-refractivity contribution is -0.124. The fraction of sp³-hybridized carbons (Fsp3) is 0.565. The SMILES string of the molecule is CC(C)(C)c1ccc(-c2nnc(SCC(=O)N3CCNC3=O)n2C2CCCCC2)cc1. The summed E-state index contributed by atoms with van der Waals surface area (Å²) in [5, 5.41) is 12.4. The van der Waals surface area contributed by atoms with E-state index in [1.54, 1.807) is 0 Å². The monoisotopic (exact) mass is 441 g/mol. The minimum absolute atomic E-state index is 0.0960. The highest BCUT2D eigenvalue weighted by Gasteiger charge is 2.28. The molecule has 3 amide bonds. The molecule has 0 unspecified atom stereocenters. The number of nitrogens with zero attached hydrogens (tertiary/aromatic N) is 4. The van der Waals surface area contributed by atoms with Crippen molar-refractivity contribution in [1.29, 1.82) is 0 Å². The molecule has 1 N–H and O–H groups in total. The minimum Gasteiger partial charge on any atom is -0.336 e. The lowest BCUT2D eigenvalue weighted by Crippen LogP contribution is -2.35. The van der Waals surface area contributed by atoms with Crippen LogP contribution in [0.5, 0.6) is 0 Å². The summed E-state index contributed by atoms with van der Waals surface area (Å²) in [4.78, 5) is 25.6. The van der Waals surface area contributed by atoms with E-state index in [0.29, 0.717) is 19.1 Å². The zero-order chi connectivity index (χ0) is 22.0. The summed E-state index contributed by atoms with van der Waals surface area (Å²) < 4.78 is 2.23. The molecule has 2 aromatic rings. The van der Waals surface area contributed by atoms with E-state index in [0.717, 1.165) is 29.4 Å². The van der Waals surface area contributed by atoms with Gasteiger partial charge in [-0.2, -0.15) is 0 Å². The first-order chi connectivity index (χ1) is 14.8. The third kappa shape index (κ3) is 4.79. The van der Waals surface area contributed by atoms with E-state index in [1.807, 2.05) is 0 Å². The molecule has 0 bridgehead atoms. The summed E-state index contributed by atoms with van der Waals surface area (Å²) in [6.07, 6.45) is 5.85. The third-order valence-corrected chi connectivity index (χ3v) is 7.02. The van der Waals surface area contributed by atoms with Crippen molar-refractivity contribution in [2.45, 2.75) is 69.5 Å². The van der Waals surface area contributed by atoms with Gasteiger partial charge in [-0.3, -0.25) is 14.3 Å². The van der Waals surface area contributed by atoms with Crippen LogP contribution in [0.2, 0.25) is 0 Å². The molecule has 1 aromatic heterocycles. The zero-order valence-electron chi connectivity index (χ0n) is 18.6. The molecule has 4 rings (SSSR count). The fourth-order valence-electron chi connectivity index (χ4n) is 4.27.